The Morgan fingerprint density at radius 2 is 1.81 bits per heavy atom. The fraction of sp³-hybridized carbons (Fsp3) is 0.455. The molecule has 3 nitrogen and oxygen atoms in total. The van der Waals surface area contributed by atoms with Crippen LogP contribution in [-0.2, 0) is 10.0 Å². The fourth-order valence-corrected chi connectivity index (χ4v) is 3.11. The van der Waals surface area contributed by atoms with E-state index in [0.29, 0.717) is 19.0 Å². The predicted molar refractivity (Wildman–Crippen MR) is 67.4 cm³/mol. The monoisotopic (exact) mass is 257 g/mol. The Hall–Kier alpha value is -0.520. The Kier molecular flexibility index (Phi) is 3.28. The first kappa shape index (κ1) is 12.0. The van der Waals surface area contributed by atoms with E-state index >= 15 is 0 Å². The largest absolute Gasteiger partial charge is 0.213 e. The Balaban J connectivity index is 2.01. The average Bonchev–Trinajstić information content (AvgIpc) is 2.14. The topological polar surface area (TPSA) is 37.4 Å². The summed E-state index contributed by atoms with van der Waals surface area (Å²) in [5, 5.41) is 0. The van der Waals surface area contributed by atoms with Gasteiger partial charge in [-0.1, -0.05) is 12.1 Å². The number of rotatable bonds is 3. The molecular weight excluding hydrogens is 242 g/mol. The maximum Gasteiger partial charge on any atom is 0.211 e. The molecule has 1 aliphatic rings. The summed E-state index contributed by atoms with van der Waals surface area (Å²) >= 11 is 1.71. The maximum atomic E-state index is 11.2. The van der Waals surface area contributed by atoms with Gasteiger partial charge in [0.05, 0.1) is 6.26 Å². The molecule has 2 rings (SSSR count). The number of thioether (sulfide) groups is 1. The van der Waals surface area contributed by atoms with Crippen LogP contribution >= 0.6 is 11.8 Å². The van der Waals surface area contributed by atoms with Gasteiger partial charge in [-0.2, -0.15) is 0 Å². The summed E-state index contributed by atoms with van der Waals surface area (Å²) in [5.41, 5.74) is 1.23. The SMILES string of the molecule is CSc1ccc(C2CN(S(C)(=O)=O)C2)cc1. The predicted octanol–water partition coefficient (Wildman–Crippen LogP) is 1.77. The lowest BCUT2D eigenvalue weighted by atomic mass is 9.94. The van der Waals surface area contributed by atoms with Gasteiger partial charge in [0.25, 0.3) is 0 Å². The van der Waals surface area contributed by atoms with Crippen molar-refractivity contribution in [3.05, 3.63) is 29.8 Å². The van der Waals surface area contributed by atoms with Crippen LogP contribution in [0.15, 0.2) is 29.2 Å². The molecule has 1 aliphatic heterocycles. The van der Waals surface area contributed by atoms with Crippen molar-refractivity contribution in [2.24, 2.45) is 0 Å². The molecule has 1 aromatic carbocycles. The molecule has 1 saturated heterocycles. The highest BCUT2D eigenvalue weighted by Crippen LogP contribution is 2.29. The highest BCUT2D eigenvalue weighted by Gasteiger charge is 2.33. The summed E-state index contributed by atoms with van der Waals surface area (Å²) in [5.74, 6) is 0.366. The smallest absolute Gasteiger partial charge is 0.211 e. The van der Waals surface area contributed by atoms with Gasteiger partial charge >= 0.3 is 0 Å². The van der Waals surface area contributed by atoms with Crippen LogP contribution in [0.25, 0.3) is 0 Å². The molecule has 0 aliphatic carbocycles. The number of nitrogens with zero attached hydrogens (tertiary/aromatic N) is 1. The molecule has 0 amide bonds. The summed E-state index contributed by atoms with van der Waals surface area (Å²) in [6.07, 6.45) is 3.31. The van der Waals surface area contributed by atoms with Crippen molar-refractivity contribution in [3.8, 4) is 0 Å². The van der Waals surface area contributed by atoms with Crippen LogP contribution in [0.4, 0.5) is 0 Å². The molecule has 0 atom stereocenters. The third-order valence-electron chi connectivity index (χ3n) is 2.90. The van der Waals surface area contributed by atoms with E-state index in [-0.39, 0.29) is 0 Å². The van der Waals surface area contributed by atoms with Gasteiger partial charge in [-0.15, -0.1) is 11.8 Å². The molecule has 88 valence electrons. The third kappa shape index (κ3) is 2.42. The molecular formula is C11H15NO2S2. The van der Waals surface area contributed by atoms with Gasteiger partial charge in [-0.25, -0.2) is 12.7 Å². The molecule has 0 bridgehead atoms. The molecule has 1 aromatic rings. The zero-order valence-corrected chi connectivity index (χ0v) is 11.0. The van der Waals surface area contributed by atoms with Crippen LogP contribution in [-0.4, -0.2) is 38.3 Å². The van der Waals surface area contributed by atoms with E-state index in [1.807, 2.05) is 6.26 Å². The molecule has 1 fully saturated rings. The number of hydrogen-bond acceptors (Lipinski definition) is 3. The molecule has 0 spiro atoms. The Morgan fingerprint density at radius 1 is 1.25 bits per heavy atom. The average molecular weight is 257 g/mol. The molecule has 1 heterocycles. The van der Waals surface area contributed by atoms with Gasteiger partial charge in [-0.3, -0.25) is 0 Å². The molecule has 0 N–H and O–H groups in total. The van der Waals surface area contributed by atoms with Crippen LogP contribution in [0.1, 0.15) is 11.5 Å². The van der Waals surface area contributed by atoms with Crippen LogP contribution in [0.5, 0.6) is 0 Å². The maximum absolute atomic E-state index is 11.2. The summed E-state index contributed by atoms with van der Waals surface area (Å²) in [6, 6.07) is 8.36. The van der Waals surface area contributed by atoms with E-state index in [1.165, 1.54) is 21.0 Å². The van der Waals surface area contributed by atoms with E-state index in [9.17, 15) is 8.42 Å². The van der Waals surface area contributed by atoms with Crippen LogP contribution < -0.4 is 0 Å². The lowest BCUT2D eigenvalue weighted by molar-refractivity contribution is 0.266. The summed E-state index contributed by atoms with van der Waals surface area (Å²) in [4.78, 5) is 1.24. The van der Waals surface area contributed by atoms with Gasteiger partial charge in [0.1, 0.15) is 0 Å². The second-order valence-electron chi connectivity index (χ2n) is 4.05. The first-order chi connectivity index (χ1) is 7.50. The Bertz CT molecular complexity index is 461. The minimum absolute atomic E-state index is 0.366. The summed E-state index contributed by atoms with van der Waals surface area (Å²) in [6.45, 7) is 1.24. The van der Waals surface area contributed by atoms with E-state index in [2.05, 4.69) is 24.3 Å². The summed E-state index contributed by atoms with van der Waals surface area (Å²) in [7, 11) is -2.99. The van der Waals surface area contributed by atoms with Crippen molar-refractivity contribution in [2.75, 3.05) is 25.6 Å². The van der Waals surface area contributed by atoms with E-state index in [4.69, 9.17) is 0 Å². The minimum atomic E-state index is -2.99. The molecule has 0 radical (unpaired) electrons. The van der Waals surface area contributed by atoms with Crippen LogP contribution in [0, 0.1) is 0 Å². The van der Waals surface area contributed by atoms with E-state index in [0.717, 1.165) is 0 Å². The standard InChI is InChI=1S/C11H15NO2S2/c1-15-11-5-3-9(4-6-11)10-7-12(8-10)16(2,13)14/h3-6,10H,7-8H2,1-2H3. The minimum Gasteiger partial charge on any atom is -0.213 e. The Labute approximate surface area is 101 Å². The van der Waals surface area contributed by atoms with Crippen molar-refractivity contribution >= 4 is 21.8 Å². The Morgan fingerprint density at radius 3 is 2.25 bits per heavy atom. The second-order valence-corrected chi connectivity index (χ2v) is 6.91. The van der Waals surface area contributed by atoms with Gasteiger partial charge in [0.2, 0.25) is 10.0 Å². The number of benzene rings is 1. The number of sulfonamides is 1. The molecule has 16 heavy (non-hydrogen) atoms. The first-order valence-corrected chi connectivity index (χ1v) is 8.17. The quantitative estimate of drug-likeness (QED) is 0.774. The first-order valence-electron chi connectivity index (χ1n) is 5.10. The van der Waals surface area contributed by atoms with Crippen molar-refractivity contribution in [3.63, 3.8) is 0 Å². The second kappa shape index (κ2) is 4.39. The lowest BCUT2D eigenvalue weighted by Gasteiger charge is -2.37. The van der Waals surface area contributed by atoms with E-state index < -0.39 is 10.0 Å². The van der Waals surface area contributed by atoms with Gasteiger partial charge < -0.3 is 0 Å². The lowest BCUT2D eigenvalue weighted by Crippen LogP contribution is -2.47. The molecule has 0 aromatic heterocycles. The van der Waals surface area contributed by atoms with Gasteiger partial charge in [0.15, 0.2) is 0 Å². The van der Waals surface area contributed by atoms with Crippen molar-refractivity contribution < 1.29 is 8.42 Å². The van der Waals surface area contributed by atoms with Crippen LogP contribution in [0.3, 0.4) is 0 Å². The van der Waals surface area contributed by atoms with Crippen molar-refractivity contribution in [1.29, 1.82) is 0 Å². The summed E-state index contributed by atoms with van der Waals surface area (Å²) < 4.78 is 23.9. The fourth-order valence-electron chi connectivity index (χ4n) is 1.80. The molecule has 0 unspecified atom stereocenters. The third-order valence-corrected chi connectivity index (χ3v) is 4.88. The zero-order chi connectivity index (χ0) is 11.8. The van der Waals surface area contributed by atoms with Crippen molar-refractivity contribution in [1.82, 2.24) is 4.31 Å². The number of hydrogen-bond donors (Lipinski definition) is 0. The molecule has 5 heteroatoms. The van der Waals surface area contributed by atoms with E-state index in [1.54, 1.807) is 11.8 Å². The molecule has 0 saturated carbocycles. The highest BCUT2D eigenvalue weighted by molar-refractivity contribution is 7.98. The zero-order valence-electron chi connectivity index (χ0n) is 9.38. The van der Waals surface area contributed by atoms with Gasteiger partial charge in [-0.05, 0) is 24.0 Å². The normalized spacial score (nSPS) is 18.4. The van der Waals surface area contributed by atoms with Crippen molar-refractivity contribution in [2.45, 2.75) is 10.8 Å². The highest BCUT2D eigenvalue weighted by atomic mass is 32.2. The van der Waals surface area contributed by atoms with Crippen LogP contribution in [0.2, 0.25) is 0 Å². The van der Waals surface area contributed by atoms with Gasteiger partial charge in [0, 0.05) is 23.9 Å².